The third-order valence-electron chi connectivity index (χ3n) is 5.13. The molecule has 4 rings (SSSR count). The van der Waals surface area contributed by atoms with Crippen LogP contribution < -0.4 is 5.32 Å². The highest BCUT2D eigenvalue weighted by molar-refractivity contribution is 8.00. The van der Waals surface area contributed by atoms with E-state index in [4.69, 9.17) is 4.74 Å². The third kappa shape index (κ3) is 4.28. The van der Waals surface area contributed by atoms with Crippen LogP contribution >= 0.6 is 23.1 Å². The molecule has 0 radical (unpaired) electrons. The molecule has 0 spiro atoms. The lowest BCUT2D eigenvalue weighted by Gasteiger charge is -2.50. The number of nitrogens with zero attached hydrogens (tertiary/aromatic N) is 1. The second-order valence-electron chi connectivity index (χ2n) is 7.29. The predicted octanol–water partition coefficient (Wildman–Crippen LogP) is 2.33. The average Bonchev–Trinajstić information content (AvgIpc) is 3.28. The highest BCUT2D eigenvalue weighted by atomic mass is 32.2. The molecule has 1 fully saturated rings. The van der Waals surface area contributed by atoms with Gasteiger partial charge in [-0.15, -0.1) is 23.1 Å². The van der Waals surface area contributed by atoms with E-state index in [2.05, 4.69) is 5.32 Å². The first-order valence-corrected chi connectivity index (χ1v) is 11.7. The number of carbonyl (C=O) groups is 4. The van der Waals surface area contributed by atoms with Gasteiger partial charge in [-0.25, -0.2) is 4.79 Å². The summed E-state index contributed by atoms with van der Waals surface area (Å²) in [5.41, 5.74) is 0.749. The summed E-state index contributed by atoms with van der Waals surface area (Å²) in [7, 11) is 0. The van der Waals surface area contributed by atoms with E-state index in [0.717, 1.165) is 4.88 Å². The number of rotatable bonds is 7. The standard InChI is InChI=1S/C22H20N2O6S2/c1-12(25)30-19(13-6-3-2-4-7-13)15-11-32-21-17(20(27)24(21)18(15)22(28)29)23-16(26)10-14-8-5-9-31-14/h2-9,17,19,21H,10-11H2,1H3,(H,23,26)(H,28,29)/t17-,19?,21-/m1/s1. The van der Waals surface area contributed by atoms with Crippen molar-refractivity contribution in [3.63, 3.8) is 0 Å². The van der Waals surface area contributed by atoms with Crippen molar-refractivity contribution in [2.24, 2.45) is 0 Å². The minimum atomic E-state index is -1.28. The fourth-order valence-electron chi connectivity index (χ4n) is 3.77. The van der Waals surface area contributed by atoms with E-state index in [0.29, 0.717) is 11.1 Å². The minimum absolute atomic E-state index is 0.161. The molecule has 2 aliphatic rings. The summed E-state index contributed by atoms with van der Waals surface area (Å²) in [6.07, 6.45) is -0.762. The summed E-state index contributed by atoms with van der Waals surface area (Å²) in [5, 5.41) is 14.0. The molecule has 0 aliphatic carbocycles. The van der Waals surface area contributed by atoms with Gasteiger partial charge < -0.3 is 15.2 Å². The molecule has 1 aromatic heterocycles. The van der Waals surface area contributed by atoms with Crippen molar-refractivity contribution in [2.45, 2.75) is 30.9 Å². The van der Waals surface area contributed by atoms with Crippen LogP contribution in [0, 0.1) is 0 Å². The molecule has 1 unspecified atom stereocenters. The molecule has 0 saturated carbocycles. The number of carboxylic acid groups (broad SMARTS) is 1. The second-order valence-corrected chi connectivity index (χ2v) is 9.43. The topological polar surface area (TPSA) is 113 Å². The Balaban J connectivity index is 1.59. The van der Waals surface area contributed by atoms with Crippen LogP contribution in [0.3, 0.4) is 0 Å². The SMILES string of the molecule is CC(=O)OC(C1=C(C(=O)O)N2C(=O)[C@@H](NC(=O)Cc3cccs3)[C@H]2SC1)c1ccccc1. The number of thiophene rings is 1. The number of carbonyl (C=O) groups excluding carboxylic acids is 3. The maximum absolute atomic E-state index is 12.9. The van der Waals surface area contributed by atoms with Crippen LogP contribution in [-0.2, 0) is 30.3 Å². The molecule has 2 aliphatic heterocycles. The summed E-state index contributed by atoms with van der Waals surface area (Å²) in [6, 6.07) is 11.7. The fraction of sp³-hybridized carbons (Fsp3) is 0.273. The number of benzene rings is 1. The maximum atomic E-state index is 12.9. The molecular weight excluding hydrogens is 452 g/mol. The number of hydrogen-bond acceptors (Lipinski definition) is 7. The zero-order valence-electron chi connectivity index (χ0n) is 17.0. The van der Waals surface area contributed by atoms with Gasteiger partial charge in [0.05, 0.1) is 6.42 Å². The van der Waals surface area contributed by atoms with E-state index in [1.165, 1.54) is 34.9 Å². The number of hydrogen-bond donors (Lipinski definition) is 2. The smallest absolute Gasteiger partial charge is 0.352 e. The average molecular weight is 473 g/mol. The summed E-state index contributed by atoms with van der Waals surface area (Å²) >= 11 is 2.78. The summed E-state index contributed by atoms with van der Waals surface area (Å²) in [6.45, 7) is 1.25. The van der Waals surface area contributed by atoms with Gasteiger partial charge in [0, 0.05) is 23.1 Å². The number of amides is 2. The van der Waals surface area contributed by atoms with Gasteiger partial charge in [0.2, 0.25) is 5.91 Å². The van der Waals surface area contributed by atoms with Crippen LogP contribution in [0.25, 0.3) is 0 Å². The normalized spacial score (nSPS) is 20.8. The van der Waals surface area contributed by atoms with Crippen molar-refractivity contribution < 1.29 is 29.0 Å². The number of ether oxygens (including phenoxy) is 1. The largest absolute Gasteiger partial charge is 0.477 e. The Bertz CT molecular complexity index is 1080. The van der Waals surface area contributed by atoms with Crippen LogP contribution in [0.4, 0.5) is 0 Å². The second kappa shape index (κ2) is 9.17. The Kier molecular flexibility index (Phi) is 6.33. The Morgan fingerprint density at radius 1 is 1.22 bits per heavy atom. The molecule has 8 nitrogen and oxygen atoms in total. The van der Waals surface area contributed by atoms with E-state index in [9.17, 15) is 24.3 Å². The molecule has 1 saturated heterocycles. The molecule has 166 valence electrons. The van der Waals surface area contributed by atoms with Crippen molar-refractivity contribution in [3.05, 3.63) is 69.6 Å². The van der Waals surface area contributed by atoms with Gasteiger partial charge in [0.25, 0.3) is 5.91 Å². The lowest BCUT2D eigenvalue weighted by atomic mass is 9.96. The van der Waals surface area contributed by atoms with E-state index in [1.807, 2.05) is 17.5 Å². The quantitative estimate of drug-likeness (QED) is 0.470. The first-order chi connectivity index (χ1) is 15.4. The van der Waals surface area contributed by atoms with E-state index < -0.39 is 35.4 Å². The van der Waals surface area contributed by atoms with Crippen molar-refractivity contribution in [1.29, 1.82) is 0 Å². The van der Waals surface area contributed by atoms with Crippen molar-refractivity contribution in [2.75, 3.05) is 5.75 Å². The fourth-order valence-corrected chi connectivity index (χ4v) is 5.85. The summed E-state index contributed by atoms with van der Waals surface area (Å²) < 4.78 is 5.47. The zero-order chi connectivity index (χ0) is 22.8. The van der Waals surface area contributed by atoms with Crippen LogP contribution in [-0.4, -0.2) is 50.9 Å². The molecule has 2 amide bonds. The number of β-lactam (4-membered cyclic amide) rings is 1. The Labute approximate surface area is 192 Å². The predicted molar refractivity (Wildman–Crippen MR) is 119 cm³/mol. The number of esters is 1. The summed E-state index contributed by atoms with van der Waals surface area (Å²) in [4.78, 5) is 51.2. The first-order valence-electron chi connectivity index (χ1n) is 9.81. The molecule has 10 heteroatoms. The number of carboxylic acids is 1. The lowest BCUT2D eigenvalue weighted by molar-refractivity contribution is -0.151. The molecule has 2 N–H and O–H groups in total. The lowest BCUT2D eigenvalue weighted by Crippen LogP contribution is -2.70. The highest BCUT2D eigenvalue weighted by Crippen LogP contribution is 2.44. The van der Waals surface area contributed by atoms with E-state index >= 15 is 0 Å². The minimum Gasteiger partial charge on any atom is -0.477 e. The zero-order valence-corrected chi connectivity index (χ0v) is 18.7. The van der Waals surface area contributed by atoms with Crippen LogP contribution in [0.5, 0.6) is 0 Å². The first kappa shape index (κ1) is 22.1. The van der Waals surface area contributed by atoms with E-state index in [1.54, 1.807) is 30.3 Å². The molecule has 3 atom stereocenters. The van der Waals surface area contributed by atoms with Crippen LogP contribution in [0.1, 0.15) is 23.5 Å². The number of aliphatic carboxylic acids is 1. The van der Waals surface area contributed by atoms with Crippen LogP contribution in [0.2, 0.25) is 0 Å². The molecule has 2 aromatic rings. The summed E-state index contributed by atoms with van der Waals surface area (Å²) in [5.74, 6) is -2.39. The number of thioether (sulfide) groups is 1. The van der Waals surface area contributed by atoms with Crippen molar-refractivity contribution in [3.8, 4) is 0 Å². The molecular formula is C22H20N2O6S2. The van der Waals surface area contributed by atoms with Gasteiger partial charge in [-0.05, 0) is 17.0 Å². The van der Waals surface area contributed by atoms with Gasteiger partial charge in [-0.3, -0.25) is 19.3 Å². The van der Waals surface area contributed by atoms with Gasteiger partial charge >= 0.3 is 11.9 Å². The molecule has 0 bridgehead atoms. The maximum Gasteiger partial charge on any atom is 0.352 e. The van der Waals surface area contributed by atoms with Gasteiger partial charge in [0.1, 0.15) is 17.1 Å². The Morgan fingerprint density at radius 2 is 1.97 bits per heavy atom. The van der Waals surface area contributed by atoms with Crippen molar-refractivity contribution >= 4 is 46.9 Å². The monoisotopic (exact) mass is 472 g/mol. The Morgan fingerprint density at radius 3 is 2.59 bits per heavy atom. The number of nitrogens with one attached hydrogen (secondary N) is 1. The Hall–Kier alpha value is -3.11. The van der Waals surface area contributed by atoms with Gasteiger partial charge in [0.15, 0.2) is 6.10 Å². The molecule has 32 heavy (non-hydrogen) atoms. The van der Waals surface area contributed by atoms with Gasteiger partial charge in [-0.1, -0.05) is 36.4 Å². The molecule has 3 heterocycles. The third-order valence-corrected chi connectivity index (χ3v) is 7.31. The molecule has 1 aromatic carbocycles. The van der Waals surface area contributed by atoms with Gasteiger partial charge in [-0.2, -0.15) is 0 Å². The van der Waals surface area contributed by atoms with Crippen LogP contribution in [0.15, 0.2) is 59.1 Å². The number of fused-ring (bicyclic) bond motifs is 1. The van der Waals surface area contributed by atoms with E-state index in [-0.39, 0.29) is 23.8 Å². The highest BCUT2D eigenvalue weighted by Gasteiger charge is 2.55. The van der Waals surface area contributed by atoms with Crippen molar-refractivity contribution in [1.82, 2.24) is 10.2 Å².